The highest BCUT2D eigenvalue weighted by atomic mass is 16.5. The van der Waals surface area contributed by atoms with Gasteiger partial charge in [-0.1, -0.05) is 12.2 Å². The number of carbonyl (C=O) groups is 1. The number of aldehydes is 1. The number of allylic oxidation sites excluding steroid dienone is 1. The lowest BCUT2D eigenvalue weighted by atomic mass is 10.2. The summed E-state index contributed by atoms with van der Waals surface area (Å²) in [4.78, 5) is 14.1. The summed E-state index contributed by atoms with van der Waals surface area (Å²) in [6.07, 6.45) is 6.67. The first-order valence-corrected chi connectivity index (χ1v) is 4.56. The van der Waals surface area contributed by atoms with Gasteiger partial charge < -0.3 is 9.53 Å². The van der Waals surface area contributed by atoms with Gasteiger partial charge >= 0.3 is 0 Å². The first kappa shape index (κ1) is 10.4. The van der Waals surface area contributed by atoms with E-state index in [2.05, 4.69) is 4.98 Å². The predicted molar refractivity (Wildman–Crippen MR) is 55.1 cm³/mol. The summed E-state index contributed by atoms with van der Waals surface area (Å²) in [6.45, 7) is 2.53. The van der Waals surface area contributed by atoms with Crippen LogP contribution in [-0.2, 0) is 4.79 Å². The van der Waals surface area contributed by atoms with Gasteiger partial charge in [0.2, 0.25) is 5.88 Å². The van der Waals surface area contributed by atoms with E-state index < -0.39 is 0 Å². The van der Waals surface area contributed by atoms with Gasteiger partial charge in [-0.3, -0.25) is 0 Å². The van der Waals surface area contributed by atoms with Crippen molar-refractivity contribution in [2.45, 2.75) is 13.3 Å². The molecule has 74 valence electrons. The second-order valence-corrected chi connectivity index (χ2v) is 2.67. The third-order valence-electron chi connectivity index (χ3n) is 1.59. The molecule has 0 saturated heterocycles. The molecular weight excluding hydrogens is 178 g/mol. The molecule has 14 heavy (non-hydrogen) atoms. The van der Waals surface area contributed by atoms with Crippen LogP contribution in [0, 0.1) is 0 Å². The van der Waals surface area contributed by atoms with Crippen LogP contribution < -0.4 is 4.74 Å². The molecule has 1 aromatic rings. The normalized spacial score (nSPS) is 10.4. The molecular formula is C11H13NO2. The van der Waals surface area contributed by atoms with Gasteiger partial charge in [0.05, 0.1) is 6.61 Å². The highest BCUT2D eigenvalue weighted by molar-refractivity contribution is 5.57. The lowest BCUT2D eigenvalue weighted by Gasteiger charge is -2.00. The van der Waals surface area contributed by atoms with Crippen LogP contribution in [0.2, 0.25) is 0 Å². The van der Waals surface area contributed by atoms with Crippen molar-refractivity contribution in [3.63, 3.8) is 0 Å². The Morgan fingerprint density at radius 2 is 2.36 bits per heavy atom. The molecule has 1 heterocycles. The minimum absolute atomic E-state index is 0.438. The second-order valence-electron chi connectivity index (χ2n) is 2.67. The second kappa shape index (κ2) is 5.91. The van der Waals surface area contributed by atoms with E-state index in [1.165, 1.54) is 0 Å². The highest BCUT2D eigenvalue weighted by Crippen LogP contribution is 2.08. The molecule has 0 N–H and O–H groups in total. The number of hydrogen-bond acceptors (Lipinski definition) is 3. The molecule has 0 aliphatic heterocycles. The van der Waals surface area contributed by atoms with Crippen LogP contribution >= 0.6 is 0 Å². The van der Waals surface area contributed by atoms with Crippen molar-refractivity contribution < 1.29 is 9.53 Å². The molecule has 1 rings (SSSR count). The number of ether oxygens (including phenoxy) is 1. The van der Waals surface area contributed by atoms with Crippen molar-refractivity contribution in [1.29, 1.82) is 0 Å². The van der Waals surface area contributed by atoms with Crippen LogP contribution in [0.5, 0.6) is 5.88 Å². The standard InChI is InChI=1S/C11H13NO2/c1-2-14-11-7-6-10(9-12-11)5-3-4-8-13/h3,5-9H,2,4H2,1H3. The average Bonchev–Trinajstić information content (AvgIpc) is 2.21. The van der Waals surface area contributed by atoms with E-state index in [0.717, 1.165) is 11.8 Å². The maximum absolute atomic E-state index is 10.0. The van der Waals surface area contributed by atoms with Crippen molar-refractivity contribution in [1.82, 2.24) is 4.98 Å². The molecule has 0 amide bonds. The van der Waals surface area contributed by atoms with E-state index in [1.54, 1.807) is 12.3 Å². The largest absolute Gasteiger partial charge is 0.478 e. The molecule has 0 aliphatic carbocycles. The summed E-state index contributed by atoms with van der Waals surface area (Å²) in [6, 6.07) is 3.71. The zero-order valence-electron chi connectivity index (χ0n) is 8.14. The third kappa shape index (κ3) is 3.39. The Kier molecular flexibility index (Phi) is 4.41. The number of carbonyl (C=O) groups excluding carboxylic acids is 1. The van der Waals surface area contributed by atoms with Crippen LogP contribution in [0.15, 0.2) is 24.4 Å². The minimum Gasteiger partial charge on any atom is -0.478 e. The van der Waals surface area contributed by atoms with E-state index in [9.17, 15) is 4.79 Å². The van der Waals surface area contributed by atoms with Crippen LogP contribution in [0.25, 0.3) is 6.08 Å². The first-order chi connectivity index (χ1) is 6.86. The molecule has 0 saturated carbocycles. The molecule has 3 nitrogen and oxygen atoms in total. The molecule has 0 bridgehead atoms. The maximum Gasteiger partial charge on any atom is 0.213 e. The van der Waals surface area contributed by atoms with Crippen LogP contribution in [0.3, 0.4) is 0 Å². The lowest BCUT2D eigenvalue weighted by molar-refractivity contribution is -0.107. The summed E-state index contributed by atoms with van der Waals surface area (Å²) in [5.74, 6) is 0.625. The number of nitrogens with zero attached hydrogens (tertiary/aromatic N) is 1. The molecule has 0 unspecified atom stereocenters. The topological polar surface area (TPSA) is 39.2 Å². The van der Waals surface area contributed by atoms with Gasteiger partial charge in [-0.25, -0.2) is 4.98 Å². The smallest absolute Gasteiger partial charge is 0.213 e. The Hall–Kier alpha value is -1.64. The van der Waals surface area contributed by atoms with Crippen molar-refractivity contribution in [2.75, 3.05) is 6.61 Å². The summed E-state index contributed by atoms with van der Waals surface area (Å²) in [5.41, 5.74) is 0.968. The summed E-state index contributed by atoms with van der Waals surface area (Å²) in [5, 5.41) is 0. The number of hydrogen-bond donors (Lipinski definition) is 0. The van der Waals surface area contributed by atoms with E-state index in [4.69, 9.17) is 4.74 Å². The summed E-state index contributed by atoms with van der Waals surface area (Å²) in [7, 11) is 0. The fraction of sp³-hybridized carbons (Fsp3) is 0.273. The minimum atomic E-state index is 0.438. The Morgan fingerprint density at radius 1 is 1.50 bits per heavy atom. The SMILES string of the molecule is CCOc1ccc(C=CCC=O)cn1. The third-order valence-corrected chi connectivity index (χ3v) is 1.59. The predicted octanol–water partition coefficient (Wildman–Crippen LogP) is 2.08. The van der Waals surface area contributed by atoms with E-state index in [-0.39, 0.29) is 0 Å². The highest BCUT2D eigenvalue weighted by Gasteiger charge is 1.92. The van der Waals surface area contributed by atoms with Gasteiger partial charge in [0.25, 0.3) is 0 Å². The zero-order valence-corrected chi connectivity index (χ0v) is 8.14. The quantitative estimate of drug-likeness (QED) is 0.669. The van der Waals surface area contributed by atoms with Crippen molar-refractivity contribution in [2.24, 2.45) is 0 Å². The summed E-state index contributed by atoms with van der Waals surface area (Å²) >= 11 is 0. The number of pyridine rings is 1. The van der Waals surface area contributed by atoms with Gasteiger partial charge in [-0.2, -0.15) is 0 Å². The van der Waals surface area contributed by atoms with Crippen molar-refractivity contribution >= 4 is 12.4 Å². The Bertz CT molecular complexity index is 304. The fourth-order valence-electron chi connectivity index (χ4n) is 0.983. The Labute approximate surface area is 83.4 Å². The van der Waals surface area contributed by atoms with Crippen LogP contribution in [0.4, 0.5) is 0 Å². The van der Waals surface area contributed by atoms with Gasteiger partial charge in [-0.15, -0.1) is 0 Å². The van der Waals surface area contributed by atoms with Crippen molar-refractivity contribution in [3.05, 3.63) is 30.0 Å². The maximum atomic E-state index is 10.0. The molecule has 0 atom stereocenters. The fourth-order valence-corrected chi connectivity index (χ4v) is 0.983. The Balaban J connectivity index is 2.58. The number of rotatable bonds is 5. The monoisotopic (exact) mass is 191 g/mol. The number of aromatic nitrogens is 1. The van der Waals surface area contributed by atoms with Gasteiger partial charge in [-0.05, 0) is 18.6 Å². The zero-order chi connectivity index (χ0) is 10.2. The van der Waals surface area contributed by atoms with E-state index >= 15 is 0 Å². The van der Waals surface area contributed by atoms with Gasteiger partial charge in [0.1, 0.15) is 6.29 Å². The average molecular weight is 191 g/mol. The van der Waals surface area contributed by atoms with Crippen molar-refractivity contribution in [3.8, 4) is 5.88 Å². The molecule has 0 aromatic carbocycles. The lowest BCUT2D eigenvalue weighted by Crippen LogP contribution is -1.93. The molecule has 1 aromatic heterocycles. The van der Waals surface area contributed by atoms with Crippen LogP contribution in [0.1, 0.15) is 18.9 Å². The van der Waals surface area contributed by atoms with Gasteiger partial charge in [0.15, 0.2) is 0 Å². The van der Waals surface area contributed by atoms with Gasteiger partial charge in [0, 0.05) is 18.7 Å². The Morgan fingerprint density at radius 3 is 2.93 bits per heavy atom. The molecule has 0 radical (unpaired) electrons. The molecule has 3 heteroatoms. The molecule has 0 fully saturated rings. The first-order valence-electron chi connectivity index (χ1n) is 4.56. The van der Waals surface area contributed by atoms with E-state index in [1.807, 2.05) is 25.1 Å². The summed E-state index contributed by atoms with van der Waals surface area (Å²) < 4.78 is 5.20. The van der Waals surface area contributed by atoms with Crippen LogP contribution in [-0.4, -0.2) is 17.9 Å². The molecule has 0 spiro atoms. The molecule has 0 aliphatic rings. The van der Waals surface area contributed by atoms with E-state index in [0.29, 0.717) is 18.9 Å².